The Balaban J connectivity index is 1.99. The largest absolute Gasteiger partial charge is 0.416 e. The highest BCUT2D eigenvalue weighted by molar-refractivity contribution is 7.86. The van der Waals surface area contributed by atoms with Gasteiger partial charge in [-0.3, -0.25) is 9.52 Å². The molecule has 1 atom stereocenters. The van der Waals surface area contributed by atoms with Crippen LogP contribution in [0.2, 0.25) is 5.02 Å². The van der Waals surface area contributed by atoms with Gasteiger partial charge in [-0.15, -0.1) is 0 Å². The second-order valence-corrected chi connectivity index (χ2v) is 8.32. The molecule has 0 aliphatic heterocycles. The summed E-state index contributed by atoms with van der Waals surface area (Å²) in [7, 11) is -0.605. The quantitative estimate of drug-likeness (QED) is 0.352. The normalized spacial score (nSPS) is 12.3. The van der Waals surface area contributed by atoms with E-state index in [1.807, 2.05) is 0 Å². The molecular weight excluding hydrogens is 470 g/mol. The van der Waals surface area contributed by atoms with Crippen LogP contribution in [0.25, 0.3) is 0 Å². The molecule has 5 nitrogen and oxygen atoms in total. The molecule has 1 aromatic heterocycles. The van der Waals surface area contributed by atoms with E-state index >= 15 is 0 Å². The molecule has 0 fully saturated rings. The molecule has 1 heterocycles. The number of alkyl halides is 3. The molecule has 0 radical (unpaired) electrons. The third kappa shape index (κ3) is 5.08. The number of hydrogen-bond donors (Lipinski definition) is 2. The molecule has 0 spiro atoms. The summed E-state index contributed by atoms with van der Waals surface area (Å²) in [5.41, 5.74) is -1.20. The van der Waals surface area contributed by atoms with E-state index < -0.39 is 34.3 Å². The Bertz CT molecular complexity index is 1220. The van der Waals surface area contributed by atoms with Gasteiger partial charge in [-0.2, -0.15) is 13.2 Å². The number of rotatable bonds is 6. The fourth-order valence-electron chi connectivity index (χ4n) is 2.86. The number of pyridine rings is 1. The molecule has 1 unspecified atom stereocenters. The van der Waals surface area contributed by atoms with Crippen molar-refractivity contribution in [1.29, 1.82) is 0 Å². The van der Waals surface area contributed by atoms with Gasteiger partial charge in [0.2, 0.25) is 5.78 Å². The molecule has 3 aromatic rings. The lowest BCUT2D eigenvalue weighted by Gasteiger charge is -2.14. The van der Waals surface area contributed by atoms with E-state index in [1.165, 1.54) is 37.3 Å². The van der Waals surface area contributed by atoms with E-state index in [-0.39, 0.29) is 32.4 Å². The summed E-state index contributed by atoms with van der Waals surface area (Å²) in [6.45, 7) is 1.29. The lowest BCUT2D eigenvalue weighted by Crippen LogP contribution is -2.14. The van der Waals surface area contributed by atoms with E-state index in [0.717, 1.165) is 18.3 Å². The number of anilines is 2. The van der Waals surface area contributed by atoms with Crippen LogP contribution < -0.4 is 10.0 Å². The van der Waals surface area contributed by atoms with Crippen LogP contribution in [0.4, 0.5) is 28.9 Å². The monoisotopic (exact) mass is 485 g/mol. The van der Waals surface area contributed by atoms with Gasteiger partial charge in [0.15, 0.2) is 0 Å². The predicted molar refractivity (Wildman–Crippen MR) is 115 cm³/mol. The minimum atomic E-state index is -4.63. The smallest absolute Gasteiger partial charge is 0.388 e. The number of nitrogens with zero attached hydrogens (tertiary/aromatic N) is 1. The van der Waals surface area contributed by atoms with Crippen LogP contribution in [0.3, 0.4) is 0 Å². The van der Waals surface area contributed by atoms with Crippen molar-refractivity contribution < 1.29 is 26.6 Å². The zero-order valence-electron chi connectivity index (χ0n) is 16.7. The van der Waals surface area contributed by atoms with Gasteiger partial charge < -0.3 is 5.32 Å². The van der Waals surface area contributed by atoms with Gasteiger partial charge in [-0.25, -0.2) is 13.6 Å². The van der Waals surface area contributed by atoms with Crippen LogP contribution >= 0.6 is 11.6 Å². The first-order chi connectivity index (χ1) is 15.0. The number of nitrogens with one attached hydrogen (secondary N) is 2. The fourth-order valence-corrected chi connectivity index (χ4v) is 3.91. The van der Waals surface area contributed by atoms with Crippen LogP contribution in [-0.2, 0) is 17.2 Å². The third-order valence-electron chi connectivity index (χ3n) is 4.50. The van der Waals surface area contributed by atoms with Crippen molar-refractivity contribution in [3.05, 3.63) is 81.9 Å². The Hall–Kier alpha value is -2.98. The molecule has 0 amide bonds. The first-order valence-electron chi connectivity index (χ1n) is 9.05. The van der Waals surface area contributed by atoms with Crippen LogP contribution in [0.1, 0.15) is 27.2 Å². The van der Waals surface area contributed by atoms with Gasteiger partial charge >= 0.3 is 6.18 Å². The maximum Gasteiger partial charge on any atom is 0.416 e. The molecule has 11 heteroatoms. The molecule has 168 valence electrons. The average molecular weight is 486 g/mol. The van der Waals surface area contributed by atoms with E-state index in [0.29, 0.717) is 5.69 Å². The molecule has 3 rings (SSSR count). The number of hydrogen-bond acceptors (Lipinski definition) is 4. The second-order valence-electron chi connectivity index (χ2n) is 6.67. The number of ketones is 1. The Morgan fingerprint density at radius 2 is 1.84 bits per heavy atom. The highest BCUT2D eigenvalue weighted by atomic mass is 35.5. The minimum absolute atomic E-state index is 0.0292. The summed E-state index contributed by atoms with van der Waals surface area (Å²) in [4.78, 5) is 16.7. The summed E-state index contributed by atoms with van der Waals surface area (Å²) in [6.07, 6.45) is -3.48. The minimum Gasteiger partial charge on any atom is -0.388 e. The SMILES string of the molecule is CNc1ccc(F)c(C(=O)c2ncc(Cl)cc2NS(=O)c2ccc(C)c(C(F)(F)F)c2)c1. The Labute approximate surface area is 188 Å². The Morgan fingerprint density at radius 1 is 1.12 bits per heavy atom. The molecule has 2 aromatic carbocycles. The third-order valence-corrected chi connectivity index (χ3v) is 5.79. The molecular formula is C21H16ClF4N3O2S. The van der Waals surface area contributed by atoms with Gasteiger partial charge in [0.25, 0.3) is 0 Å². The van der Waals surface area contributed by atoms with E-state index in [2.05, 4.69) is 15.0 Å². The number of aryl methyl sites for hydroxylation is 1. The first kappa shape index (κ1) is 23.7. The van der Waals surface area contributed by atoms with Gasteiger partial charge in [0, 0.05) is 18.9 Å². The van der Waals surface area contributed by atoms with Crippen LogP contribution in [0.15, 0.2) is 53.6 Å². The van der Waals surface area contributed by atoms with Crippen molar-refractivity contribution in [3.8, 4) is 0 Å². The highest BCUT2D eigenvalue weighted by Gasteiger charge is 2.33. The molecule has 0 bridgehead atoms. The standard InChI is InChI=1S/C21H16ClF4N3O2S/c1-11-3-5-14(9-16(11)21(24,25)26)32(31)29-18-7-12(22)10-28-19(18)20(30)15-8-13(27-2)4-6-17(15)23/h3-10,27,29H,1-2H3. The molecule has 0 aliphatic rings. The zero-order chi connectivity index (χ0) is 23.6. The lowest BCUT2D eigenvalue weighted by atomic mass is 10.1. The molecule has 0 saturated heterocycles. The summed E-state index contributed by atoms with van der Waals surface area (Å²) >= 11 is 5.94. The molecule has 2 N–H and O–H groups in total. The molecule has 0 aliphatic carbocycles. The average Bonchev–Trinajstić information content (AvgIpc) is 2.73. The summed E-state index contributed by atoms with van der Waals surface area (Å²) in [5.74, 6) is -1.62. The zero-order valence-corrected chi connectivity index (χ0v) is 18.3. The number of benzene rings is 2. The summed E-state index contributed by atoms with van der Waals surface area (Å²) in [5, 5.41) is 2.86. The Kier molecular flexibility index (Phi) is 6.85. The maximum atomic E-state index is 14.3. The van der Waals surface area contributed by atoms with Crippen molar-refractivity contribution in [2.45, 2.75) is 18.0 Å². The van der Waals surface area contributed by atoms with Gasteiger partial charge in [0.1, 0.15) is 22.5 Å². The van der Waals surface area contributed by atoms with Crippen LogP contribution in [-0.4, -0.2) is 22.0 Å². The van der Waals surface area contributed by atoms with Gasteiger partial charge in [-0.1, -0.05) is 17.7 Å². The van der Waals surface area contributed by atoms with Crippen molar-refractivity contribution in [2.75, 3.05) is 17.1 Å². The predicted octanol–water partition coefficient (Wildman–Crippen LogP) is 5.61. The van der Waals surface area contributed by atoms with Gasteiger partial charge in [-0.05, 0) is 48.9 Å². The van der Waals surface area contributed by atoms with Gasteiger partial charge in [0.05, 0.1) is 26.7 Å². The highest BCUT2D eigenvalue weighted by Crippen LogP contribution is 2.33. The van der Waals surface area contributed by atoms with Crippen molar-refractivity contribution in [2.24, 2.45) is 0 Å². The topological polar surface area (TPSA) is 71.1 Å². The fraction of sp³-hybridized carbons (Fsp3) is 0.143. The first-order valence-corrected chi connectivity index (χ1v) is 10.6. The number of halogens is 5. The Morgan fingerprint density at radius 3 is 2.50 bits per heavy atom. The van der Waals surface area contributed by atoms with E-state index in [9.17, 15) is 26.6 Å². The summed E-state index contributed by atoms with van der Waals surface area (Å²) in [6, 6.07) is 8.27. The number of carbonyl (C=O) groups is 1. The lowest BCUT2D eigenvalue weighted by molar-refractivity contribution is -0.138. The maximum absolute atomic E-state index is 14.3. The van der Waals surface area contributed by atoms with Crippen molar-refractivity contribution in [3.63, 3.8) is 0 Å². The van der Waals surface area contributed by atoms with E-state index in [1.54, 1.807) is 7.05 Å². The second kappa shape index (κ2) is 9.25. The van der Waals surface area contributed by atoms with Crippen LogP contribution in [0, 0.1) is 12.7 Å². The van der Waals surface area contributed by atoms with Crippen molar-refractivity contribution in [1.82, 2.24) is 4.98 Å². The van der Waals surface area contributed by atoms with Crippen molar-refractivity contribution >= 4 is 39.7 Å². The molecule has 32 heavy (non-hydrogen) atoms. The molecule has 0 saturated carbocycles. The van der Waals surface area contributed by atoms with Crippen LogP contribution in [0.5, 0.6) is 0 Å². The summed E-state index contributed by atoms with van der Waals surface area (Å²) < 4.78 is 69.1. The number of aromatic nitrogens is 1. The number of carbonyl (C=O) groups excluding carboxylic acids is 1. The van der Waals surface area contributed by atoms with E-state index in [4.69, 9.17) is 11.6 Å².